The number of esters is 1. The lowest BCUT2D eigenvalue weighted by molar-refractivity contribution is -0.416. The fourth-order valence-electron chi connectivity index (χ4n) is 1.23. The van der Waals surface area contributed by atoms with Gasteiger partial charge in [0.25, 0.3) is 6.29 Å². The third kappa shape index (κ3) is 9.04. The first-order valence-corrected chi connectivity index (χ1v) is 5.84. The van der Waals surface area contributed by atoms with Crippen LogP contribution in [0, 0.1) is 0 Å². The van der Waals surface area contributed by atoms with Crippen molar-refractivity contribution in [2.75, 3.05) is 6.61 Å². The molecule has 0 heterocycles. The van der Waals surface area contributed by atoms with Crippen molar-refractivity contribution in [3.05, 3.63) is 12.7 Å². The standard InChI is InChI=1S/C12H20O7/c1-5-7-12(3,4)19-18-10(8-16-11(14)15)17-9(13)6-2/h6,10H,2,5,7-8H2,1,3-4H3,(H,14,15). The maximum absolute atomic E-state index is 11.0. The molecular formula is C12H20O7. The topological polar surface area (TPSA) is 91.3 Å². The quantitative estimate of drug-likeness (QED) is 0.227. The molecule has 0 saturated heterocycles. The summed E-state index contributed by atoms with van der Waals surface area (Å²) >= 11 is 0. The van der Waals surface area contributed by atoms with Gasteiger partial charge in [0, 0.05) is 6.08 Å². The van der Waals surface area contributed by atoms with Crippen molar-refractivity contribution >= 4 is 12.1 Å². The Kier molecular flexibility index (Phi) is 7.78. The normalized spacial score (nSPS) is 12.6. The van der Waals surface area contributed by atoms with E-state index in [1.807, 2.05) is 6.92 Å². The van der Waals surface area contributed by atoms with E-state index in [4.69, 9.17) is 19.6 Å². The second kappa shape index (κ2) is 8.49. The monoisotopic (exact) mass is 276 g/mol. The van der Waals surface area contributed by atoms with Crippen LogP contribution < -0.4 is 0 Å². The molecule has 0 aliphatic rings. The molecule has 7 nitrogen and oxygen atoms in total. The Balaban J connectivity index is 4.35. The minimum absolute atomic E-state index is 0.489. The van der Waals surface area contributed by atoms with Gasteiger partial charge in [0.2, 0.25) is 0 Å². The molecule has 0 radical (unpaired) electrons. The van der Waals surface area contributed by atoms with Gasteiger partial charge in [0.15, 0.2) is 6.61 Å². The number of rotatable bonds is 9. The smallest absolute Gasteiger partial charge is 0.450 e. The molecule has 0 rings (SSSR count). The Labute approximate surface area is 112 Å². The zero-order valence-electron chi connectivity index (χ0n) is 11.4. The molecule has 0 aromatic carbocycles. The highest BCUT2D eigenvalue weighted by molar-refractivity contribution is 5.81. The average Bonchev–Trinajstić information content (AvgIpc) is 2.32. The van der Waals surface area contributed by atoms with E-state index in [0.29, 0.717) is 0 Å². The largest absolute Gasteiger partial charge is 0.505 e. The van der Waals surface area contributed by atoms with Gasteiger partial charge >= 0.3 is 12.1 Å². The van der Waals surface area contributed by atoms with Crippen LogP contribution in [-0.4, -0.2) is 35.7 Å². The summed E-state index contributed by atoms with van der Waals surface area (Å²) in [5.41, 5.74) is -0.586. The van der Waals surface area contributed by atoms with Crippen LogP contribution in [0.5, 0.6) is 0 Å². The van der Waals surface area contributed by atoms with Gasteiger partial charge < -0.3 is 14.6 Å². The number of hydrogen-bond donors (Lipinski definition) is 1. The van der Waals surface area contributed by atoms with Gasteiger partial charge in [-0.3, -0.25) is 0 Å². The van der Waals surface area contributed by atoms with Crippen molar-refractivity contribution < 1.29 is 33.9 Å². The van der Waals surface area contributed by atoms with Gasteiger partial charge in [-0.25, -0.2) is 14.5 Å². The molecule has 1 atom stereocenters. The molecule has 0 saturated carbocycles. The number of carbonyl (C=O) groups is 2. The molecule has 19 heavy (non-hydrogen) atoms. The molecular weight excluding hydrogens is 256 g/mol. The lowest BCUT2D eigenvalue weighted by Gasteiger charge is -2.25. The average molecular weight is 276 g/mol. The highest BCUT2D eigenvalue weighted by Crippen LogP contribution is 2.18. The van der Waals surface area contributed by atoms with E-state index in [0.717, 1.165) is 18.9 Å². The van der Waals surface area contributed by atoms with Crippen LogP contribution in [0.25, 0.3) is 0 Å². The molecule has 7 heteroatoms. The Morgan fingerprint density at radius 3 is 2.53 bits per heavy atom. The molecule has 1 N–H and O–H groups in total. The predicted molar refractivity (Wildman–Crippen MR) is 65.2 cm³/mol. The lowest BCUT2D eigenvalue weighted by atomic mass is 10.0. The van der Waals surface area contributed by atoms with Crippen LogP contribution in [0.4, 0.5) is 4.79 Å². The third-order valence-corrected chi connectivity index (χ3v) is 1.99. The molecule has 0 bridgehead atoms. The van der Waals surface area contributed by atoms with Gasteiger partial charge in [-0.05, 0) is 20.3 Å². The molecule has 0 aliphatic carbocycles. The summed E-state index contributed by atoms with van der Waals surface area (Å²) in [5, 5.41) is 8.39. The van der Waals surface area contributed by atoms with Crippen LogP contribution in [0.15, 0.2) is 12.7 Å². The number of carbonyl (C=O) groups excluding carboxylic acids is 1. The van der Waals surface area contributed by atoms with Gasteiger partial charge in [-0.15, -0.1) is 0 Å². The molecule has 0 aromatic rings. The Hall–Kier alpha value is -1.60. The molecule has 0 aromatic heterocycles. The molecule has 1 unspecified atom stereocenters. The van der Waals surface area contributed by atoms with Crippen molar-refractivity contribution in [2.45, 2.75) is 45.5 Å². The van der Waals surface area contributed by atoms with Crippen molar-refractivity contribution in [2.24, 2.45) is 0 Å². The van der Waals surface area contributed by atoms with E-state index in [1.54, 1.807) is 13.8 Å². The zero-order chi connectivity index (χ0) is 14.9. The first-order valence-electron chi connectivity index (χ1n) is 5.84. The summed E-state index contributed by atoms with van der Waals surface area (Å²) in [6.07, 6.45) is -0.267. The van der Waals surface area contributed by atoms with E-state index in [9.17, 15) is 9.59 Å². The summed E-state index contributed by atoms with van der Waals surface area (Å²) in [7, 11) is 0. The summed E-state index contributed by atoms with van der Waals surface area (Å²) in [4.78, 5) is 31.4. The maximum atomic E-state index is 11.0. The summed E-state index contributed by atoms with van der Waals surface area (Å²) in [6.45, 7) is 8.30. The van der Waals surface area contributed by atoms with E-state index in [1.165, 1.54) is 0 Å². The Morgan fingerprint density at radius 1 is 1.42 bits per heavy atom. The highest BCUT2D eigenvalue weighted by Gasteiger charge is 2.24. The summed E-state index contributed by atoms with van der Waals surface area (Å²) in [6, 6.07) is 0. The van der Waals surface area contributed by atoms with Crippen LogP contribution >= 0.6 is 0 Å². The second-order valence-electron chi connectivity index (χ2n) is 4.34. The fraction of sp³-hybridized carbons (Fsp3) is 0.667. The first-order chi connectivity index (χ1) is 8.80. The SMILES string of the molecule is C=CC(=O)OC(COC(=O)O)OOC(C)(C)CCC. The zero-order valence-corrected chi connectivity index (χ0v) is 11.4. The van der Waals surface area contributed by atoms with Crippen LogP contribution in [0.1, 0.15) is 33.6 Å². The minimum Gasteiger partial charge on any atom is -0.450 e. The molecule has 0 spiro atoms. The summed E-state index contributed by atoms with van der Waals surface area (Å²) in [5.74, 6) is -0.768. The van der Waals surface area contributed by atoms with Gasteiger partial charge in [-0.2, -0.15) is 4.89 Å². The summed E-state index contributed by atoms with van der Waals surface area (Å²) < 4.78 is 9.01. The molecule has 0 fully saturated rings. The van der Waals surface area contributed by atoms with E-state index in [2.05, 4.69) is 11.3 Å². The molecule has 110 valence electrons. The lowest BCUT2D eigenvalue weighted by Crippen LogP contribution is -2.32. The Bertz CT molecular complexity index is 311. The Morgan fingerprint density at radius 2 is 2.05 bits per heavy atom. The first kappa shape index (κ1) is 17.4. The van der Waals surface area contributed by atoms with Crippen LogP contribution in [-0.2, 0) is 24.0 Å². The molecule has 0 amide bonds. The molecule has 0 aliphatic heterocycles. The fourth-order valence-corrected chi connectivity index (χ4v) is 1.23. The van der Waals surface area contributed by atoms with E-state index < -0.39 is 30.6 Å². The van der Waals surface area contributed by atoms with Gasteiger partial charge in [0.05, 0.1) is 5.60 Å². The van der Waals surface area contributed by atoms with E-state index in [-0.39, 0.29) is 0 Å². The van der Waals surface area contributed by atoms with E-state index >= 15 is 0 Å². The van der Waals surface area contributed by atoms with Crippen LogP contribution in [0.2, 0.25) is 0 Å². The predicted octanol–water partition coefficient (Wildman–Crippen LogP) is 2.26. The van der Waals surface area contributed by atoms with Crippen molar-refractivity contribution in [1.82, 2.24) is 0 Å². The maximum Gasteiger partial charge on any atom is 0.505 e. The second-order valence-corrected chi connectivity index (χ2v) is 4.34. The third-order valence-electron chi connectivity index (χ3n) is 1.99. The van der Waals surface area contributed by atoms with Gasteiger partial charge in [-0.1, -0.05) is 19.9 Å². The number of carboxylic acid groups (broad SMARTS) is 1. The number of ether oxygens (including phenoxy) is 2. The van der Waals surface area contributed by atoms with Gasteiger partial charge in [0.1, 0.15) is 0 Å². The van der Waals surface area contributed by atoms with Crippen molar-refractivity contribution in [3.8, 4) is 0 Å². The van der Waals surface area contributed by atoms with Crippen molar-refractivity contribution in [1.29, 1.82) is 0 Å². The van der Waals surface area contributed by atoms with Crippen molar-refractivity contribution in [3.63, 3.8) is 0 Å². The number of hydrogen-bond acceptors (Lipinski definition) is 6. The van der Waals surface area contributed by atoms with Crippen LogP contribution in [0.3, 0.4) is 0 Å². The highest BCUT2D eigenvalue weighted by atomic mass is 17.2. The minimum atomic E-state index is -1.50.